The van der Waals surface area contributed by atoms with Crippen molar-refractivity contribution in [3.05, 3.63) is 59.6 Å². The van der Waals surface area contributed by atoms with Gasteiger partial charge in [-0.1, -0.05) is 18.2 Å². The molecule has 108 valence electrons. The zero-order valence-corrected chi connectivity index (χ0v) is 12.1. The average Bonchev–Trinajstić information content (AvgIpc) is 2.47. The molecule has 0 heterocycles. The molecule has 0 unspecified atom stereocenters. The molecule has 0 aliphatic rings. The largest absolute Gasteiger partial charge is 0.385 e. The average molecular weight is 325 g/mol. The standard InChI is InChI=1S/C12H9N2O5S2/c13-14-10-6-8-12(9-7-10)21(17,18)19-20(15,16)11-4-2-1-3-5-11/h1-9H/q+1. The van der Waals surface area contributed by atoms with Crippen molar-refractivity contribution >= 4 is 25.9 Å². The summed E-state index contributed by atoms with van der Waals surface area (Å²) in [7, 11) is -8.94. The smallest absolute Gasteiger partial charge is 0.193 e. The number of nitrogens with zero attached hydrogens (tertiary/aromatic N) is 2. The van der Waals surface area contributed by atoms with Gasteiger partial charge in [0.05, 0.1) is 9.79 Å². The van der Waals surface area contributed by atoms with Gasteiger partial charge in [-0.05, 0) is 24.3 Å². The Bertz CT molecular complexity index is 883. The molecule has 0 N–H and O–H groups in total. The van der Waals surface area contributed by atoms with E-state index >= 15 is 0 Å². The molecule has 0 fully saturated rings. The van der Waals surface area contributed by atoms with Gasteiger partial charge in [0.25, 0.3) is 0 Å². The third kappa shape index (κ3) is 3.43. The summed E-state index contributed by atoms with van der Waals surface area (Å²) in [6.07, 6.45) is 0. The molecule has 2 aromatic rings. The number of hydrogen-bond donors (Lipinski definition) is 0. The van der Waals surface area contributed by atoms with E-state index in [1.807, 2.05) is 0 Å². The van der Waals surface area contributed by atoms with Crippen molar-refractivity contribution in [2.45, 2.75) is 9.79 Å². The summed E-state index contributed by atoms with van der Waals surface area (Å²) in [5.41, 5.74) is 0.125. The van der Waals surface area contributed by atoms with Crippen molar-refractivity contribution in [1.82, 2.24) is 0 Å². The molecule has 2 aromatic carbocycles. The van der Waals surface area contributed by atoms with Crippen LogP contribution in [-0.2, 0) is 23.9 Å². The number of rotatable bonds is 4. The quantitative estimate of drug-likeness (QED) is 0.798. The third-order valence-electron chi connectivity index (χ3n) is 2.45. The van der Waals surface area contributed by atoms with Crippen LogP contribution in [0.5, 0.6) is 0 Å². The minimum atomic E-state index is -4.50. The highest BCUT2D eigenvalue weighted by Crippen LogP contribution is 2.22. The summed E-state index contributed by atoms with van der Waals surface area (Å²) in [6, 6.07) is 11.5. The fraction of sp³-hybridized carbons (Fsp3) is 0. The lowest BCUT2D eigenvalue weighted by Gasteiger charge is -2.05. The molecule has 0 aliphatic carbocycles. The van der Waals surface area contributed by atoms with E-state index in [0.717, 1.165) is 12.1 Å². The van der Waals surface area contributed by atoms with Crippen LogP contribution in [0.2, 0.25) is 0 Å². The summed E-state index contributed by atoms with van der Waals surface area (Å²) in [4.78, 5) is 2.23. The molecule has 0 radical (unpaired) electrons. The number of benzene rings is 2. The van der Waals surface area contributed by atoms with Gasteiger partial charge in [-0.25, -0.2) is 0 Å². The monoisotopic (exact) mass is 325 g/mol. The van der Waals surface area contributed by atoms with Crippen LogP contribution in [-0.4, -0.2) is 16.8 Å². The predicted molar refractivity (Wildman–Crippen MR) is 73.1 cm³/mol. The Balaban J connectivity index is 2.35. The lowest BCUT2D eigenvalue weighted by atomic mass is 10.3. The first-order valence-electron chi connectivity index (χ1n) is 5.56. The van der Waals surface area contributed by atoms with Gasteiger partial charge < -0.3 is 0 Å². The third-order valence-corrected chi connectivity index (χ3v) is 5.58. The van der Waals surface area contributed by atoms with Gasteiger partial charge in [-0.3, -0.25) is 0 Å². The first kappa shape index (κ1) is 15.1. The first-order chi connectivity index (χ1) is 9.85. The molecular formula is C12H9N2O5S2+. The van der Waals surface area contributed by atoms with E-state index in [0.29, 0.717) is 0 Å². The second-order valence-corrected chi connectivity index (χ2v) is 7.19. The highest BCUT2D eigenvalue weighted by atomic mass is 32.3. The molecular weight excluding hydrogens is 316 g/mol. The van der Waals surface area contributed by atoms with Crippen LogP contribution < -0.4 is 0 Å². The number of hydrogen-bond acceptors (Lipinski definition) is 6. The zero-order valence-electron chi connectivity index (χ0n) is 10.4. The van der Waals surface area contributed by atoms with E-state index in [4.69, 9.17) is 5.39 Å². The van der Waals surface area contributed by atoms with E-state index in [2.05, 4.69) is 8.61 Å². The van der Waals surface area contributed by atoms with Crippen molar-refractivity contribution in [2.75, 3.05) is 0 Å². The Kier molecular flexibility index (Phi) is 4.04. The van der Waals surface area contributed by atoms with Crippen LogP contribution in [0.25, 0.3) is 4.98 Å². The van der Waals surface area contributed by atoms with Crippen LogP contribution in [0, 0.1) is 5.39 Å². The Morgan fingerprint density at radius 3 is 1.71 bits per heavy atom. The maximum absolute atomic E-state index is 11.9. The lowest BCUT2D eigenvalue weighted by molar-refractivity contribution is 0.462. The van der Waals surface area contributed by atoms with Gasteiger partial charge in [0.1, 0.15) is 0 Å². The van der Waals surface area contributed by atoms with Gasteiger partial charge in [-0.2, -0.15) is 16.8 Å². The molecule has 0 atom stereocenters. The summed E-state index contributed by atoms with van der Waals surface area (Å²) in [5.74, 6) is 0. The molecule has 0 amide bonds. The topological polar surface area (TPSA) is 106 Å². The molecule has 0 aromatic heterocycles. The van der Waals surface area contributed by atoms with Crippen LogP contribution in [0.1, 0.15) is 0 Å². The molecule has 9 heteroatoms. The summed E-state index contributed by atoms with van der Waals surface area (Å²) < 4.78 is 51.9. The van der Waals surface area contributed by atoms with Crippen molar-refractivity contribution in [2.24, 2.45) is 0 Å². The molecule has 21 heavy (non-hydrogen) atoms. The highest BCUT2D eigenvalue weighted by Gasteiger charge is 2.27. The maximum Gasteiger partial charge on any atom is 0.385 e. The fourth-order valence-electron chi connectivity index (χ4n) is 1.46. The molecule has 0 saturated carbocycles. The Labute approximate surface area is 121 Å². The minimum Gasteiger partial charge on any atom is -0.193 e. The SMILES string of the molecule is N#[N+]c1ccc(S(=O)(=O)OS(=O)(=O)c2ccccc2)cc1. The summed E-state index contributed by atoms with van der Waals surface area (Å²) in [6.45, 7) is 0. The van der Waals surface area contributed by atoms with Gasteiger partial charge in [0.2, 0.25) is 5.39 Å². The lowest BCUT2D eigenvalue weighted by Crippen LogP contribution is -2.14. The zero-order chi connectivity index (χ0) is 15.5. The summed E-state index contributed by atoms with van der Waals surface area (Å²) >= 11 is 0. The molecule has 0 bridgehead atoms. The Hall–Kier alpha value is -2.28. The predicted octanol–water partition coefficient (Wildman–Crippen LogP) is 2.27. The highest BCUT2D eigenvalue weighted by molar-refractivity contribution is 7.99. The van der Waals surface area contributed by atoms with E-state index in [-0.39, 0.29) is 15.5 Å². The maximum atomic E-state index is 11.9. The van der Waals surface area contributed by atoms with Gasteiger partial charge >= 0.3 is 25.9 Å². The minimum absolute atomic E-state index is 0.125. The number of diazo groups is 1. The first-order valence-corrected chi connectivity index (χ1v) is 8.38. The van der Waals surface area contributed by atoms with E-state index in [1.165, 1.54) is 36.4 Å². The van der Waals surface area contributed by atoms with Crippen LogP contribution >= 0.6 is 0 Å². The van der Waals surface area contributed by atoms with Gasteiger partial charge in [0, 0.05) is 12.1 Å². The van der Waals surface area contributed by atoms with Crippen molar-refractivity contribution in [3.8, 4) is 0 Å². The van der Waals surface area contributed by atoms with E-state index in [1.54, 1.807) is 6.07 Å². The van der Waals surface area contributed by atoms with Crippen molar-refractivity contribution in [3.63, 3.8) is 0 Å². The van der Waals surface area contributed by atoms with Crippen LogP contribution in [0.15, 0.2) is 64.4 Å². The molecule has 2 rings (SSSR count). The second kappa shape index (κ2) is 5.61. The van der Waals surface area contributed by atoms with Crippen LogP contribution in [0.3, 0.4) is 0 Å². The van der Waals surface area contributed by atoms with Gasteiger partial charge in [0.15, 0.2) is 4.98 Å². The van der Waals surface area contributed by atoms with Crippen molar-refractivity contribution in [1.29, 1.82) is 5.39 Å². The normalized spacial score (nSPS) is 11.8. The van der Waals surface area contributed by atoms with Crippen molar-refractivity contribution < 1.29 is 20.5 Å². The molecule has 0 aliphatic heterocycles. The van der Waals surface area contributed by atoms with Crippen LogP contribution in [0.4, 0.5) is 5.69 Å². The second-order valence-electron chi connectivity index (χ2n) is 3.88. The fourth-order valence-corrected chi connectivity index (χ4v) is 3.99. The Morgan fingerprint density at radius 2 is 1.24 bits per heavy atom. The summed E-state index contributed by atoms with van der Waals surface area (Å²) in [5, 5.41) is 8.51. The van der Waals surface area contributed by atoms with E-state index in [9.17, 15) is 16.8 Å². The van der Waals surface area contributed by atoms with E-state index < -0.39 is 20.2 Å². The van der Waals surface area contributed by atoms with Gasteiger partial charge in [-0.15, -0.1) is 3.63 Å². The molecule has 7 nitrogen and oxygen atoms in total. The Morgan fingerprint density at radius 1 is 0.762 bits per heavy atom. The molecule has 0 spiro atoms. The molecule has 0 saturated heterocycles.